The van der Waals surface area contributed by atoms with Gasteiger partial charge in [-0.05, 0) is 19.0 Å². The molecule has 1 aliphatic heterocycles. The van der Waals surface area contributed by atoms with Crippen LogP contribution in [0.4, 0.5) is 5.69 Å². The molecule has 86 valence electrons. The summed E-state index contributed by atoms with van der Waals surface area (Å²) in [6.07, 6.45) is 0. The Bertz CT molecular complexity index is 401. The van der Waals surface area contributed by atoms with Crippen molar-refractivity contribution in [3.63, 3.8) is 0 Å². The Morgan fingerprint density at radius 1 is 1.38 bits per heavy atom. The van der Waals surface area contributed by atoms with E-state index in [-0.39, 0.29) is 11.9 Å². The van der Waals surface area contributed by atoms with Crippen molar-refractivity contribution in [2.45, 2.75) is 19.9 Å². The second kappa shape index (κ2) is 4.26. The van der Waals surface area contributed by atoms with Crippen LogP contribution in [-0.4, -0.2) is 19.5 Å². The molecule has 0 bridgehead atoms. The molecule has 0 aromatic heterocycles. The number of rotatable bonds is 3. The molecule has 1 aromatic rings. The Balaban J connectivity index is 2.38. The fourth-order valence-electron chi connectivity index (χ4n) is 2.22. The minimum Gasteiger partial charge on any atom is -0.310 e. The normalized spacial score (nSPS) is 19.4. The number of benzene rings is 1. The average molecular weight is 218 g/mol. The summed E-state index contributed by atoms with van der Waals surface area (Å²) >= 11 is 0. The minimum absolute atomic E-state index is 0.164. The van der Waals surface area contributed by atoms with Crippen LogP contribution in [0, 0.1) is 5.92 Å². The molecule has 1 unspecified atom stereocenters. The first-order chi connectivity index (χ1) is 7.65. The molecule has 0 saturated heterocycles. The number of hydrogen-bond acceptors (Lipinski definition) is 2. The van der Waals surface area contributed by atoms with Gasteiger partial charge in [-0.25, -0.2) is 0 Å². The molecule has 0 spiro atoms. The van der Waals surface area contributed by atoms with E-state index in [4.69, 9.17) is 0 Å². The number of amides is 1. The van der Waals surface area contributed by atoms with Gasteiger partial charge in [0.25, 0.3) is 0 Å². The van der Waals surface area contributed by atoms with Crippen LogP contribution in [0.3, 0.4) is 0 Å². The maximum atomic E-state index is 12.2. The van der Waals surface area contributed by atoms with E-state index < -0.39 is 0 Å². The number of carbonyl (C=O) groups is 1. The van der Waals surface area contributed by atoms with Crippen molar-refractivity contribution >= 4 is 11.6 Å². The first-order valence-electron chi connectivity index (χ1n) is 5.72. The van der Waals surface area contributed by atoms with E-state index in [1.807, 2.05) is 36.2 Å². The maximum Gasteiger partial charge on any atom is 0.248 e. The molecule has 3 heteroatoms. The summed E-state index contributed by atoms with van der Waals surface area (Å²) in [5.41, 5.74) is 2.15. The van der Waals surface area contributed by atoms with Crippen LogP contribution in [0.2, 0.25) is 0 Å². The van der Waals surface area contributed by atoms with Gasteiger partial charge in [0.1, 0.15) is 6.04 Å². The smallest absolute Gasteiger partial charge is 0.248 e. The molecule has 0 saturated carbocycles. The van der Waals surface area contributed by atoms with E-state index in [1.165, 1.54) is 0 Å². The van der Waals surface area contributed by atoms with Crippen LogP contribution in [-0.2, 0) is 4.79 Å². The average Bonchev–Trinajstić information content (AvgIpc) is 2.52. The molecule has 1 amide bonds. The third kappa shape index (κ3) is 1.71. The predicted molar refractivity (Wildman–Crippen MR) is 65.4 cm³/mol. The Labute approximate surface area is 96.5 Å². The lowest BCUT2D eigenvalue weighted by Gasteiger charge is -2.20. The zero-order chi connectivity index (χ0) is 11.7. The summed E-state index contributed by atoms with van der Waals surface area (Å²) in [6, 6.07) is 7.84. The van der Waals surface area contributed by atoms with Crippen molar-refractivity contribution in [2.24, 2.45) is 5.92 Å². The van der Waals surface area contributed by atoms with Crippen LogP contribution in [0.25, 0.3) is 0 Å². The van der Waals surface area contributed by atoms with Crippen LogP contribution in [0.5, 0.6) is 0 Å². The molecule has 1 N–H and O–H groups in total. The Morgan fingerprint density at radius 2 is 2.06 bits per heavy atom. The largest absolute Gasteiger partial charge is 0.310 e. The van der Waals surface area contributed by atoms with Crippen molar-refractivity contribution in [1.82, 2.24) is 5.32 Å². The van der Waals surface area contributed by atoms with E-state index in [0.717, 1.165) is 17.8 Å². The number of hydrogen-bond donors (Lipinski definition) is 1. The van der Waals surface area contributed by atoms with Gasteiger partial charge < -0.3 is 10.2 Å². The topological polar surface area (TPSA) is 32.3 Å². The number of para-hydroxylation sites is 1. The molecule has 0 aliphatic carbocycles. The number of likely N-dealkylation sites (N-methyl/N-ethyl adjacent to an activating group) is 1. The second-order valence-electron chi connectivity index (χ2n) is 4.62. The summed E-state index contributed by atoms with van der Waals surface area (Å²) in [7, 11) is 1.83. The van der Waals surface area contributed by atoms with Gasteiger partial charge in [-0.3, -0.25) is 4.79 Å². The van der Waals surface area contributed by atoms with E-state index >= 15 is 0 Å². The van der Waals surface area contributed by atoms with E-state index in [0.29, 0.717) is 5.92 Å². The second-order valence-corrected chi connectivity index (χ2v) is 4.62. The fourth-order valence-corrected chi connectivity index (χ4v) is 2.22. The van der Waals surface area contributed by atoms with Crippen molar-refractivity contribution in [2.75, 3.05) is 18.5 Å². The van der Waals surface area contributed by atoms with Gasteiger partial charge in [-0.1, -0.05) is 32.0 Å². The highest BCUT2D eigenvalue weighted by atomic mass is 16.2. The van der Waals surface area contributed by atoms with Crippen molar-refractivity contribution < 1.29 is 4.79 Å². The Hall–Kier alpha value is -1.35. The fraction of sp³-hybridized carbons (Fsp3) is 0.462. The van der Waals surface area contributed by atoms with Gasteiger partial charge >= 0.3 is 0 Å². The quantitative estimate of drug-likeness (QED) is 0.841. The van der Waals surface area contributed by atoms with E-state index in [1.54, 1.807) is 0 Å². The first-order valence-corrected chi connectivity index (χ1v) is 5.72. The lowest BCUT2D eigenvalue weighted by atomic mass is 10.1. The summed E-state index contributed by atoms with van der Waals surface area (Å²) in [4.78, 5) is 14.1. The van der Waals surface area contributed by atoms with Crippen molar-refractivity contribution in [3.05, 3.63) is 29.8 Å². The van der Waals surface area contributed by atoms with Crippen molar-refractivity contribution in [1.29, 1.82) is 0 Å². The number of carbonyl (C=O) groups excluding carboxylic acids is 1. The monoisotopic (exact) mass is 218 g/mol. The molecule has 1 aromatic carbocycles. The molecule has 2 rings (SSSR count). The molecule has 3 nitrogen and oxygen atoms in total. The van der Waals surface area contributed by atoms with Crippen molar-refractivity contribution in [3.8, 4) is 0 Å². The van der Waals surface area contributed by atoms with Gasteiger partial charge in [-0.15, -0.1) is 0 Å². The van der Waals surface area contributed by atoms with Crippen LogP contribution >= 0.6 is 0 Å². The summed E-state index contributed by atoms with van der Waals surface area (Å²) in [5.74, 6) is 0.644. The summed E-state index contributed by atoms with van der Waals surface area (Å²) < 4.78 is 0. The number of nitrogens with zero attached hydrogens (tertiary/aromatic N) is 1. The third-order valence-electron chi connectivity index (χ3n) is 2.89. The molecule has 0 radical (unpaired) electrons. The Morgan fingerprint density at radius 3 is 2.69 bits per heavy atom. The lowest BCUT2D eigenvalue weighted by molar-refractivity contribution is -0.119. The van der Waals surface area contributed by atoms with Crippen LogP contribution in [0.15, 0.2) is 24.3 Å². The number of fused-ring (bicyclic) bond motifs is 1. The van der Waals surface area contributed by atoms with Gasteiger partial charge in [0, 0.05) is 17.8 Å². The first kappa shape index (κ1) is 11.1. The predicted octanol–water partition coefficient (Wildman–Crippen LogP) is 1.95. The van der Waals surface area contributed by atoms with Crippen LogP contribution < -0.4 is 10.2 Å². The standard InChI is InChI=1S/C13H18N2O/c1-9(2)8-15-11-7-5-4-6-10(11)12(14-3)13(15)16/h4-7,9,12,14H,8H2,1-3H3. The maximum absolute atomic E-state index is 12.2. The third-order valence-corrected chi connectivity index (χ3v) is 2.89. The van der Waals surface area contributed by atoms with Gasteiger partial charge in [0.05, 0.1) is 0 Å². The van der Waals surface area contributed by atoms with E-state index in [2.05, 4.69) is 19.2 Å². The summed E-state index contributed by atoms with van der Waals surface area (Å²) in [6.45, 7) is 5.04. The number of anilines is 1. The lowest BCUT2D eigenvalue weighted by Crippen LogP contribution is -2.35. The molecule has 1 aliphatic rings. The number of nitrogens with one attached hydrogen (secondary N) is 1. The highest BCUT2D eigenvalue weighted by Gasteiger charge is 2.35. The van der Waals surface area contributed by atoms with Gasteiger partial charge in [0.15, 0.2) is 0 Å². The molecular weight excluding hydrogens is 200 g/mol. The Kier molecular flexibility index (Phi) is 2.97. The zero-order valence-corrected chi connectivity index (χ0v) is 10.0. The SMILES string of the molecule is CNC1C(=O)N(CC(C)C)c2ccccc21. The highest BCUT2D eigenvalue weighted by Crippen LogP contribution is 2.35. The molecule has 1 atom stereocenters. The van der Waals surface area contributed by atoms with Gasteiger partial charge in [0.2, 0.25) is 5.91 Å². The summed E-state index contributed by atoms with van der Waals surface area (Å²) in [5, 5.41) is 3.08. The highest BCUT2D eigenvalue weighted by molar-refractivity contribution is 6.04. The molecular formula is C13H18N2O. The molecule has 16 heavy (non-hydrogen) atoms. The van der Waals surface area contributed by atoms with Crippen LogP contribution in [0.1, 0.15) is 25.5 Å². The molecule has 0 fully saturated rings. The van der Waals surface area contributed by atoms with E-state index in [9.17, 15) is 4.79 Å². The minimum atomic E-state index is -0.171. The zero-order valence-electron chi connectivity index (χ0n) is 10.0. The molecule has 1 heterocycles. The van der Waals surface area contributed by atoms with Gasteiger partial charge in [-0.2, -0.15) is 0 Å².